The predicted octanol–water partition coefficient (Wildman–Crippen LogP) is 2.32. The minimum atomic E-state index is -0.378. The van der Waals surface area contributed by atoms with Crippen molar-refractivity contribution in [2.24, 2.45) is 0 Å². The molecule has 1 saturated heterocycles. The molecule has 2 heterocycles. The average Bonchev–Trinajstić information content (AvgIpc) is 2.93. The molecule has 2 rings (SSSR count). The van der Waals surface area contributed by atoms with Gasteiger partial charge in [-0.1, -0.05) is 13.8 Å². The summed E-state index contributed by atoms with van der Waals surface area (Å²) in [4.78, 5) is 26.4. The van der Waals surface area contributed by atoms with Crippen LogP contribution in [0.4, 0.5) is 0 Å². The smallest absolute Gasteiger partial charge is 0.246 e. The Bertz CT molecular complexity index is 458. The third-order valence-corrected chi connectivity index (χ3v) is 4.45. The maximum Gasteiger partial charge on any atom is 0.246 e. The molecule has 0 radical (unpaired) electrons. The third-order valence-electron chi connectivity index (χ3n) is 3.75. The van der Waals surface area contributed by atoms with Gasteiger partial charge in [0, 0.05) is 0 Å². The van der Waals surface area contributed by atoms with E-state index in [1.807, 2.05) is 37.6 Å². The van der Waals surface area contributed by atoms with E-state index in [4.69, 9.17) is 0 Å². The molecule has 4 nitrogen and oxygen atoms in total. The van der Waals surface area contributed by atoms with Crippen LogP contribution in [0, 0.1) is 0 Å². The SMILES string of the molecule is CCC1NC(=O)C(CC)N(C(C)c2ccsc2)C1=O. The second-order valence-electron chi connectivity index (χ2n) is 4.87. The molecule has 1 aromatic heterocycles. The molecule has 1 N–H and O–H groups in total. The summed E-state index contributed by atoms with van der Waals surface area (Å²) < 4.78 is 0. The third kappa shape index (κ3) is 2.52. The quantitative estimate of drug-likeness (QED) is 0.920. The zero-order chi connectivity index (χ0) is 14.0. The summed E-state index contributed by atoms with van der Waals surface area (Å²) in [6.45, 7) is 5.85. The van der Waals surface area contributed by atoms with E-state index in [0.29, 0.717) is 12.8 Å². The fourth-order valence-corrected chi connectivity index (χ4v) is 3.33. The van der Waals surface area contributed by atoms with Crippen molar-refractivity contribution in [3.63, 3.8) is 0 Å². The van der Waals surface area contributed by atoms with Gasteiger partial charge in [-0.2, -0.15) is 11.3 Å². The average molecular weight is 280 g/mol. The lowest BCUT2D eigenvalue weighted by molar-refractivity contribution is -0.152. The van der Waals surface area contributed by atoms with E-state index in [0.717, 1.165) is 5.56 Å². The molecule has 0 aliphatic carbocycles. The molecule has 0 bridgehead atoms. The van der Waals surface area contributed by atoms with E-state index in [9.17, 15) is 9.59 Å². The number of carbonyl (C=O) groups is 2. The van der Waals surface area contributed by atoms with Gasteiger partial charge in [-0.05, 0) is 42.2 Å². The highest BCUT2D eigenvalue weighted by atomic mass is 32.1. The first-order chi connectivity index (χ1) is 9.10. The van der Waals surface area contributed by atoms with E-state index in [1.54, 1.807) is 16.2 Å². The van der Waals surface area contributed by atoms with Crippen molar-refractivity contribution in [1.82, 2.24) is 10.2 Å². The maximum absolute atomic E-state index is 12.5. The van der Waals surface area contributed by atoms with Crippen LogP contribution in [0.5, 0.6) is 0 Å². The molecular weight excluding hydrogens is 260 g/mol. The highest BCUT2D eigenvalue weighted by Crippen LogP contribution is 2.28. The zero-order valence-electron chi connectivity index (χ0n) is 11.6. The van der Waals surface area contributed by atoms with Crippen molar-refractivity contribution < 1.29 is 9.59 Å². The van der Waals surface area contributed by atoms with Crippen molar-refractivity contribution in [3.8, 4) is 0 Å². The number of rotatable bonds is 4. The van der Waals surface area contributed by atoms with Gasteiger partial charge in [0.2, 0.25) is 11.8 Å². The molecule has 1 aliphatic rings. The Morgan fingerprint density at radius 1 is 1.37 bits per heavy atom. The van der Waals surface area contributed by atoms with Gasteiger partial charge in [-0.15, -0.1) is 0 Å². The Hall–Kier alpha value is -1.36. The largest absolute Gasteiger partial charge is 0.343 e. The second-order valence-corrected chi connectivity index (χ2v) is 5.65. The van der Waals surface area contributed by atoms with Crippen molar-refractivity contribution >= 4 is 23.2 Å². The van der Waals surface area contributed by atoms with Crippen molar-refractivity contribution in [3.05, 3.63) is 22.4 Å². The van der Waals surface area contributed by atoms with Crippen LogP contribution in [-0.2, 0) is 9.59 Å². The fourth-order valence-electron chi connectivity index (χ4n) is 2.58. The summed E-state index contributed by atoms with van der Waals surface area (Å²) in [5.41, 5.74) is 1.10. The normalized spacial score (nSPS) is 25.3. The number of carbonyl (C=O) groups excluding carboxylic acids is 2. The molecule has 5 heteroatoms. The van der Waals surface area contributed by atoms with E-state index >= 15 is 0 Å². The first-order valence-corrected chi connectivity index (χ1v) is 7.69. The zero-order valence-corrected chi connectivity index (χ0v) is 12.4. The molecule has 1 aromatic rings. The molecule has 0 aromatic carbocycles. The number of nitrogens with zero attached hydrogens (tertiary/aromatic N) is 1. The van der Waals surface area contributed by atoms with Crippen LogP contribution in [0.1, 0.15) is 45.2 Å². The van der Waals surface area contributed by atoms with Gasteiger partial charge < -0.3 is 10.2 Å². The van der Waals surface area contributed by atoms with Gasteiger partial charge in [0.15, 0.2) is 0 Å². The minimum Gasteiger partial charge on any atom is -0.343 e. The van der Waals surface area contributed by atoms with Crippen LogP contribution in [0.15, 0.2) is 16.8 Å². The molecule has 0 spiro atoms. The van der Waals surface area contributed by atoms with Crippen molar-refractivity contribution in [1.29, 1.82) is 0 Å². The van der Waals surface area contributed by atoms with E-state index < -0.39 is 0 Å². The first kappa shape index (κ1) is 14.1. The second kappa shape index (κ2) is 5.74. The van der Waals surface area contributed by atoms with Gasteiger partial charge in [0.25, 0.3) is 0 Å². The van der Waals surface area contributed by atoms with Gasteiger partial charge in [0.05, 0.1) is 6.04 Å². The lowest BCUT2D eigenvalue weighted by Crippen LogP contribution is -2.63. The summed E-state index contributed by atoms with van der Waals surface area (Å²) in [5.74, 6) is 0.00341. The highest BCUT2D eigenvalue weighted by Gasteiger charge is 2.41. The van der Waals surface area contributed by atoms with Gasteiger partial charge in [-0.3, -0.25) is 9.59 Å². The minimum absolute atomic E-state index is 0.0315. The fraction of sp³-hybridized carbons (Fsp3) is 0.571. The van der Waals surface area contributed by atoms with Gasteiger partial charge >= 0.3 is 0 Å². The summed E-state index contributed by atoms with van der Waals surface area (Å²) in [6.07, 6.45) is 1.27. The Kier molecular flexibility index (Phi) is 4.24. The molecule has 2 amide bonds. The van der Waals surface area contributed by atoms with Crippen LogP contribution < -0.4 is 5.32 Å². The van der Waals surface area contributed by atoms with E-state index in [-0.39, 0.29) is 29.9 Å². The Morgan fingerprint density at radius 2 is 2.11 bits per heavy atom. The summed E-state index contributed by atoms with van der Waals surface area (Å²) in [5, 5.41) is 6.86. The Balaban J connectivity index is 2.31. The Morgan fingerprint density at radius 3 is 2.63 bits per heavy atom. The van der Waals surface area contributed by atoms with Crippen LogP contribution in [0.3, 0.4) is 0 Å². The molecular formula is C14H20N2O2S. The van der Waals surface area contributed by atoms with Crippen LogP contribution in [0.2, 0.25) is 0 Å². The number of hydrogen-bond acceptors (Lipinski definition) is 3. The first-order valence-electron chi connectivity index (χ1n) is 6.74. The lowest BCUT2D eigenvalue weighted by atomic mass is 9.99. The molecule has 3 atom stereocenters. The number of piperazine rings is 1. The maximum atomic E-state index is 12.5. The van der Waals surface area contributed by atoms with Gasteiger partial charge in [-0.25, -0.2) is 0 Å². The molecule has 3 unspecified atom stereocenters. The molecule has 19 heavy (non-hydrogen) atoms. The standard InChI is InChI=1S/C14H20N2O2S/c1-4-11-14(18)16(12(5-2)13(17)15-11)9(3)10-6-7-19-8-10/h6-9,11-12H,4-5H2,1-3H3,(H,15,17). The van der Waals surface area contributed by atoms with E-state index in [1.165, 1.54) is 0 Å². The molecule has 1 fully saturated rings. The number of amides is 2. The van der Waals surface area contributed by atoms with Gasteiger partial charge in [0.1, 0.15) is 12.1 Å². The highest BCUT2D eigenvalue weighted by molar-refractivity contribution is 7.07. The van der Waals surface area contributed by atoms with Crippen LogP contribution in [0.25, 0.3) is 0 Å². The topological polar surface area (TPSA) is 49.4 Å². The lowest BCUT2D eigenvalue weighted by Gasteiger charge is -2.41. The molecule has 104 valence electrons. The van der Waals surface area contributed by atoms with Crippen LogP contribution in [-0.4, -0.2) is 28.8 Å². The monoisotopic (exact) mass is 280 g/mol. The van der Waals surface area contributed by atoms with Crippen LogP contribution >= 0.6 is 11.3 Å². The summed E-state index contributed by atoms with van der Waals surface area (Å²) in [6, 6.07) is 1.23. The predicted molar refractivity (Wildman–Crippen MR) is 75.9 cm³/mol. The molecule has 1 aliphatic heterocycles. The van der Waals surface area contributed by atoms with E-state index in [2.05, 4.69) is 5.32 Å². The number of nitrogens with one attached hydrogen (secondary N) is 1. The number of thiophene rings is 1. The van der Waals surface area contributed by atoms with Crippen molar-refractivity contribution in [2.45, 2.75) is 51.7 Å². The van der Waals surface area contributed by atoms with Crippen molar-refractivity contribution in [2.75, 3.05) is 0 Å². The molecule has 0 saturated carbocycles. The number of hydrogen-bond donors (Lipinski definition) is 1. The Labute approximate surface area is 117 Å². The summed E-state index contributed by atoms with van der Waals surface area (Å²) in [7, 11) is 0. The summed E-state index contributed by atoms with van der Waals surface area (Å²) >= 11 is 1.61.